The summed E-state index contributed by atoms with van der Waals surface area (Å²) in [5, 5.41) is 11.2. The predicted molar refractivity (Wildman–Crippen MR) is 220 cm³/mol. The zero-order valence-corrected chi connectivity index (χ0v) is 35.1. The second kappa shape index (κ2) is 24.4. The summed E-state index contributed by atoms with van der Waals surface area (Å²) in [5.74, 6) is 2.05. The summed E-state index contributed by atoms with van der Waals surface area (Å²) in [5.41, 5.74) is 4.26. The molecule has 3 N–H and O–H groups in total. The number of halogens is 1. The van der Waals surface area contributed by atoms with Crippen LogP contribution in [0.15, 0.2) is 36.7 Å². The van der Waals surface area contributed by atoms with Gasteiger partial charge in [-0.05, 0) is 44.7 Å². The number of benzene rings is 1. The highest BCUT2D eigenvalue weighted by Gasteiger charge is 2.49. The fourth-order valence-corrected chi connectivity index (χ4v) is 8.15. The summed E-state index contributed by atoms with van der Waals surface area (Å²) < 4.78 is 47.6. The number of hydrogen-bond donors (Lipinski definition) is 2. The quantitative estimate of drug-likeness (QED) is 0.0179. The molecule has 5 atom stereocenters. The smallest absolute Gasteiger partial charge is 0.327 e. The lowest BCUT2D eigenvalue weighted by molar-refractivity contribution is -0.161. The van der Waals surface area contributed by atoms with E-state index in [0.29, 0.717) is 5.75 Å². The second-order valence-corrected chi connectivity index (χ2v) is 16.4. The normalized spacial score (nSPS) is 19.3. The van der Waals surface area contributed by atoms with Crippen LogP contribution in [0.5, 0.6) is 5.75 Å². The van der Waals surface area contributed by atoms with Gasteiger partial charge in [0.25, 0.3) is 8.18 Å². The van der Waals surface area contributed by atoms with Gasteiger partial charge in [0.1, 0.15) is 30.2 Å². The number of carbonyl (C=O) groups excluding carboxylic acids is 1. The fraction of sp³-hybridized carbons (Fsp3) is 0.667. The van der Waals surface area contributed by atoms with E-state index in [1.54, 1.807) is 37.3 Å². The number of nitrogens with zero attached hydrogens (tertiary/aromatic N) is 5. The minimum atomic E-state index is -3.38. The monoisotopic (exact) mass is 814 g/mol. The van der Waals surface area contributed by atoms with Crippen LogP contribution in [-0.4, -0.2) is 65.9 Å². The summed E-state index contributed by atoms with van der Waals surface area (Å²) in [6, 6.07) is 7.51. The number of terminal acetylenes is 1. The molecule has 1 aliphatic rings. The van der Waals surface area contributed by atoms with Crippen LogP contribution < -0.4 is 10.6 Å². The van der Waals surface area contributed by atoms with Gasteiger partial charge in [-0.3, -0.25) is 13.9 Å². The highest BCUT2D eigenvalue weighted by atomic mass is 31.1. The van der Waals surface area contributed by atoms with Gasteiger partial charge < -0.3 is 29.7 Å². The Bertz CT molecular complexity index is 1690. The molecule has 1 aromatic carbocycles. The highest BCUT2D eigenvalue weighted by Crippen LogP contribution is 2.41. The first-order valence-electron chi connectivity index (χ1n) is 21.0. The first-order valence-corrected chi connectivity index (χ1v) is 22.3. The van der Waals surface area contributed by atoms with Crippen LogP contribution in [0.3, 0.4) is 0 Å². The van der Waals surface area contributed by atoms with Crippen LogP contribution in [0.25, 0.3) is 11.2 Å². The topological polar surface area (TPSA) is 164 Å². The Morgan fingerprint density at radius 1 is 1.02 bits per heavy atom. The standard InChI is InChI=1S/C42H64FN6O7P/c1-5-8-10-12-14-16-18-21-25-33(26-22-19-17-15-13-11-9-6-2)54-40(51)32(4)49(56-34-27-23-20-24-28-34)57(52)53-30-42(7-3)35(50)29-36(55-42)48-31-45-37-38(44)46-41(43)47-39(37)48/h3,20,23-24,27-28,31-33,35-36,50,57H,5-6,8-19,21-22,25-26,29-30H2,1-2,4H3,(H2,44,46,47)/t32-,35-,36+,42+/m0/s1. The van der Waals surface area contributed by atoms with Crippen molar-refractivity contribution in [2.45, 2.75) is 173 Å². The molecular formula is C42H64FN6O7P. The number of unbranched alkanes of at least 4 members (excludes halogenated alkanes) is 14. The third-order valence-electron chi connectivity index (χ3n) is 10.6. The number of nitrogens with two attached hydrogens (primary N) is 1. The van der Waals surface area contributed by atoms with Gasteiger partial charge in [-0.25, -0.2) is 4.98 Å². The minimum absolute atomic E-state index is 0.0441. The maximum atomic E-state index is 14.1. The zero-order valence-electron chi connectivity index (χ0n) is 34.1. The molecule has 0 amide bonds. The molecule has 0 spiro atoms. The number of anilines is 1. The summed E-state index contributed by atoms with van der Waals surface area (Å²) >= 11 is 0. The Morgan fingerprint density at radius 2 is 1.60 bits per heavy atom. The molecular weight excluding hydrogens is 750 g/mol. The van der Waals surface area contributed by atoms with E-state index in [1.165, 1.54) is 75.1 Å². The van der Waals surface area contributed by atoms with Crippen molar-refractivity contribution in [1.29, 1.82) is 0 Å². The number of aliphatic hydroxyl groups excluding tert-OH is 1. The maximum absolute atomic E-state index is 14.1. The Kier molecular flexibility index (Phi) is 19.7. The Morgan fingerprint density at radius 3 is 2.18 bits per heavy atom. The van der Waals surface area contributed by atoms with Gasteiger partial charge >= 0.3 is 12.0 Å². The number of imidazole rings is 1. The fourth-order valence-electron chi connectivity index (χ4n) is 7.08. The van der Waals surface area contributed by atoms with E-state index in [9.17, 15) is 18.9 Å². The molecule has 1 fully saturated rings. The Hall–Kier alpha value is -3.60. The molecule has 1 aliphatic heterocycles. The van der Waals surface area contributed by atoms with Gasteiger partial charge in [-0.2, -0.15) is 14.4 Å². The molecule has 0 bridgehead atoms. The molecule has 1 unspecified atom stereocenters. The number of ether oxygens (including phenoxy) is 2. The van der Waals surface area contributed by atoms with Crippen LogP contribution >= 0.6 is 8.18 Å². The van der Waals surface area contributed by atoms with Crippen molar-refractivity contribution in [1.82, 2.24) is 24.4 Å². The number of fused-ring (bicyclic) bond motifs is 1. The lowest BCUT2D eigenvalue weighted by atomic mass is 9.99. The second-order valence-electron chi connectivity index (χ2n) is 15.1. The summed E-state index contributed by atoms with van der Waals surface area (Å²) in [6.07, 6.45) is 24.1. The molecule has 3 aromatic rings. The maximum Gasteiger partial charge on any atom is 0.327 e. The molecule has 15 heteroatoms. The molecule has 0 aliphatic carbocycles. The van der Waals surface area contributed by atoms with Gasteiger partial charge in [-0.1, -0.05) is 133 Å². The van der Waals surface area contributed by atoms with Gasteiger partial charge in [0.2, 0.25) is 0 Å². The number of hydrogen-bond acceptors (Lipinski definition) is 11. The third kappa shape index (κ3) is 14.0. The van der Waals surface area contributed by atoms with Crippen molar-refractivity contribution in [3.05, 3.63) is 42.7 Å². The molecule has 4 rings (SSSR count). The van der Waals surface area contributed by atoms with Crippen LogP contribution in [-0.2, 0) is 23.4 Å². The molecule has 1 saturated heterocycles. The number of aromatic nitrogens is 4. The average Bonchev–Trinajstić information content (AvgIpc) is 3.78. The van der Waals surface area contributed by atoms with E-state index in [1.807, 2.05) is 0 Å². The molecule has 316 valence electrons. The summed E-state index contributed by atoms with van der Waals surface area (Å²) in [4.78, 5) is 32.3. The van der Waals surface area contributed by atoms with E-state index in [0.717, 1.165) is 56.2 Å². The minimum Gasteiger partial charge on any atom is -0.461 e. The highest BCUT2D eigenvalue weighted by molar-refractivity contribution is 7.36. The molecule has 2 aromatic heterocycles. The van der Waals surface area contributed by atoms with Crippen molar-refractivity contribution >= 4 is 31.1 Å². The molecule has 13 nitrogen and oxygen atoms in total. The van der Waals surface area contributed by atoms with Crippen molar-refractivity contribution in [2.24, 2.45) is 0 Å². The molecule has 0 saturated carbocycles. The zero-order chi connectivity index (χ0) is 41.0. The van der Waals surface area contributed by atoms with E-state index in [-0.39, 0.29) is 29.5 Å². The number of para-hydroxylation sites is 1. The molecule has 3 heterocycles. The lowest BCUT2D eigenvalue weighted by Crippen LogP contribution is -2.43. The number of nitrogen functional groups attached to an aromatic ring is 1. The largest absolute Gasteiger partial charge is 0.461 e. The van der Waals surface area contributed by atoms with Crippen molar-refractivity contribution in [3.63, 3.8) is 0 Å². The van der Waals surface area contributed by atoms with Gasteiger partial charge in [-0.15, -0.1) is 6.42 Å². The third-order valence-corrected chi connectivity index (χ3v) is 11.8. The van der Waals surface area contributed by atoms with Gasteiger partial charge in [0.05, 0.1) is 12.9 Å². The van der Waals surface area contributed by atoms with Crippen molar-refractivity contribution in [2.75, 3.05) is 12.3 Å². The van der Waals surface area contributed by atoms with Gasteiger partial charge in [0.15, 0.2) is 22.6 Å². The van der Waals surface area contributed by atoms with E-state index >= 15 is 0 Å². The first-order chi connectivity index (χ1) is 27.6. The van der Waals surface area contributed by atoms with Gasteiger partial charge in [0, 0.05) is 6.42 Å². The van der Waals surface area contributed by atoms with Crippen LogP contribution in [0.2, 0.25) is 0 Å². The molecule has 57 heavy (non-hydrogen) atoms. The SMILES string of the molecule is C#C[C@]1(CO[PH](=O)N(Oc2ccccc2)[C@@H](C)C(=O)OC(CCCCCCCCCC)CCCCCCCCCC)O[C@@H](n2cnc3c(N)nc(F)nc32)C[C@@H]1O. The Labute approximate surface area is 338 Å². The first kappa shape index (κ1) is 46.1. The van der Waals surface area contributed by atoms with Crippen molar-refractivity contribution in [3.8, 4) is 18.1 Å². The average molecular weight is 815 g/mol. The van der Waals surface area contributed by atoms with Crippen LogP contribution in [0.4, 0.5) is 10.2 Å². The Balaban J connectivity index is 1.41. The number of carbonyl (C=O) groups is 1. The summed E-state index contributed by atoms with van der Waals surface area (Å²) in [7, 11) is -3.38. The summed E-state index contributed by atoms with van der Waals surface area (Å²) in [6.45, 7) is 5.48. The number of hydroxylamine groups is 1. The number of rotatable bonds is 28. The number of aliphatic hydroxyl groups is 1. The lowest BCUT2D eigenvalue weighted by Gasteiger charge is -2.30. The van der Waals surface area contributed by atoms with E-state index in [4.69, 9.17) is 31.0 Å². The van der Waals surface area contributed by atoms with Crippen molar-refractivity contribution < 1.29 is 37.7 Å². The van der Waals surface area contributed by atoms with E-state index < -0.39 is 50.8 Å². The van der Waals surface area contributed by atoms with Crippen LogP contribution in [0, 0.1) is 18.4 Å². The van der Waals surface area contributed by atoms with E-state index in [2.05, 4.69) is 34.7 Å². The predicted octanol–water partition coefficient (Wildman–Crippen LogP) is 9.26. The molecule has 0 radical (unpaired) electrons. The van der Waals surface area contributed by atoms with Crippen LogP contribution in [0.1, 0.15) is 149 Å². The number of esters is 1.